The van der Waals surface area contributed by atoms with Crippen LogP contribution in [0.4, 0.5) is 5.82 Å². The summed E-state index contributed by atoms with van der Waals surface area (Å²) in [5.74, 6) is 0.368. The predicted octanol–water partition coefficient (Wildman–Crippen LogP) is 2.09. The molecule has 0 spiro atoms. The van der Waals surface area contributed by atoms with Gasteiger partial charge in [-0.2, -0.15) is 0 Å². The molecule has 4 nitrogen and oxygen atoms in total. The number of hydrogen-bond acceptors (Lipinski definition) is 3. The maximum atomic E-state index is 11.5. The van der Waals surface area contributed by atoms with E-state index < -0.39 is 6.04 Å². The summed E-state index contributed by atoms with van der Waals surface area (Å²) in [4.78, 5) is 15.7. The largest absolute Gasteiger partial charge is 0.320 e. The lowest BCUT2D eigenvalue weighted by atomic mass is 10.2. The average molecular weight is 356 g/mol. The molecule has 0 aliphatic carbocycles. The number of nitrogens with zero attached hydrogens (tertiary/aromatic N) is 1. The number of hydrogen-bond donors (Lipinski definition) is 2. The second-order valence-corrected chi connectivity index (χ2v) is 4.43. The molecule has 0 radical (unpaired) electrons. The summed E-state index contributed by atoms with van der Waals surface area (Å²) in [6.45, 7) is 3.77. The van der Waals surface area contributed by atoms with Gasteiger partial charge >= 0.3 is 0 Å². The molecule has 1 rings (SSSR count). The first-order valence-corrected chi connectivity index (χ1v) is 5.82. The van der Waals surface area contributed by atoms with Crippen LogP contribution in [-0.2, 0) is 4.79 Å². The number of amides is 1. The number of carbonyl (C=O) groups is 1. The van der Waals surface area contributed by atoms with E-state index >= 15 is 0 Å². The van der Waals surface area contributed by atoms with Gasteiger partial charge in [-0.3, -0.25) is 4.79 Å². The molecule has 0 fully saturated rings. The number of pyridine rings is 1. The van der Waals surface area contributed by atoms with Crippen LogP contribution in [0.1, 0.15) is 19.0 Å². The molecule has 1 amide bonds. The van der Waals surface area contributed by atoms with Crippen molar-refractivity contribution in [1.29, 1.82) is 0 Å². The summed E-state index contributed by atoms with van der Waals surface area (Å²) in [7, 11) is 0. The maximum absolute atomic E-state index is 11.5. The molecule has 6 heteroatoms. The number of carbonyl (C=O) groups excluding carboxylic acids is 1. The van der Waals surface area contributed by atoms with Crippen molar-refractivity contribution >= 4 is 46.7 Å². The highest BCUT2D eigenvalue weighted by Crippen LogP contribution is 2.12. The number of nitrogens with two attached hydrogens (primary N) is 1. The second kappa shape index (κ2) is 7.03. The lowest BCUT2D eigenvalue weighted by molar-refractivity contribution is -0.117. The molecule has 3 N–H and O–H groups in total. The smallest absolute Gasteiger partial charge is 0.242 e. The van der Waals surface area contributed by atoms with Crippen LogP contribution in [0.15, 0.2) is 12.1 Å². The fourth-order valence-electron chi connectivity index (χ4n) is 1.02. The summed E-state index contributed by atoms with van der Waals surface area (Å²) >= 11 is 2.20. The standard InChI is InChI=1S/C10H14IN3O.ClH/c1-3-8(12)10(15)14-9-5-4-7(11)6(2)13-9;/h4-5,8H,3,12H2,1-2H3,(H,13,14,15);1H/t8-;/m0./s1. The van der Waals surface area contributed by atoms with Crippen molar-refractivity contribution in [2.75, 3.05) is 5.32 Å². The Morgan fingerprint density at radius 1 is 1.62 bits per heavy atom. The van der Waals surface area contributed by atoms with Crippen LogP contribution in [0.2, 0.25) is 0 Å². The van der Waals surface area contributed by atoms with Gasteiger partial charge in [-0.15, -0.1) is 12.4 Å². The first-order valence-electron chi connectivity index (χ1n) is 4.74. The highest BCUT2D eigenvalue weighted by Gasteiger charge is 2.11. The van der Waals surface area contributed by atoms with Gasteiger partial charge in [-0.25, -0.2) is 4.98 Å². The number of anilines is 1. The number of aromatic nitrogens is 1. The van der Waals surface area contributed by atoms with Crippen LogP contribution in [0.5, 0.6) is 0 Å². The van der Waals surface area contributed by atoms with E-state index in [4.69, 9.17) is 5.73 Å². The lowest BCUT2D eigenvalue weighted by Crippen LogP contribution is -2.35. The number of aryl methyl sites for hydroxylation is 1. The van der Waals surface area contributed by atoms with Gasteiger partial charge in [0.05, 0.1) is 11.7 Å². The number of halogens is 2. The Balaban J connectivity index is 0.00000225. The number of rotatable bonds is 3. The molecular weight excluding hydrogens is 340 g/mol. The van der Waals surface area contributed by atoms with Crippen LogP contribution in [0.3, 0.4) is 0 Å². The van der Waals surface area contributed by atoms with Crippen LogP contribution in [0.25, 0.3) is 0 Å². The van der Waals surface area contributed by atoms with Crippen LogP contribution in [-0.4, -0.2) is 16.9 Å². The van der Waals surface area contributed by atoms with E-state index in [1.165, 1.54) is 0 Å². The van der Waals surface area contributed by atoms with E-state index in [0.29, 0.717) is 12.2 Å². The Bertz CT molecular complexity index is 373. The van der Waals surface area contributed by atoms with Gasteiger partial charge in [0.1, 0.15) is 5.82 Å². The van der Waals surface area contributed by atoms with Crippen molar-refractivity contribution in [2.45, 2.75) is 26.3 Å². The SMILES string of the molecule is CC[C@H](N)C(=O)Nc1ccc(I)c(C)n1.Cl. The molecule has 0 aliphatic heterocycles. The molecule has 1 heterocycles. The minimum absolute atomic E-state index is 0. The van der Waals surface area contributed by atoms with Gasteiger partial charge in [0.2, 0.25) is 5.91 Å². The molecule has 1 atom stereocenters. The summed E-state index contributed by atoms with van der Waals surface area (Å²) in [6, 6.07) is 3.22. The van der Waals surface area contributed by atoms with Crippen molar-refractivity contribution in [1.82, 2.24) is 4.98 Å². The normalized spacial score (nSPS) is 11.5. The second-order valence-electron chi connectivity index (χ2n) is 3.27. The predicted molar refractivity (Wildman–Crippen MR) is 75.8 cm³/mol. The quantitative estimate of drug-likeness (QED) is 0.816. The van der Waals surface area contributed by atoms with Gasteiger partial charge in [-0.1, -0.05) is 6.92 Å². The number of nitrogens with one attached hydrogen (secondary N) is 1. The molecular formula is C10H15ClIN3O. The zero-order valence-electron chi connectivity index (χ0n) is 9.16. The lowest BCUT2D eigenvalue weighted by Gasteiger charge is -2.09. The highest BCUT2D eigenvalue weighted by molar-refractivity contribution is 14.1. The molecule has 0 unspecified atom stereocenters. The summed E-state index contributed by atoms with van der Waals surface area (Å²) < 4.78 is 1.07. The third-order valence-corrected chi connectivity index (χ3v) is 3.19. The molecule has 1 aromatic rings. The fraction of sp³-hybridized carbons (Fsp3) is 0.400. The minimum Gasteiger partial charge on any atom is -0.320 e. The van der Waals surface area contributed by atoms with Crippen molar-refractivity contribution < 1.29 is 4.79 Å². The summed E-state index contributed by atoms with van der Waals surface area (Å²) in [5, 5.41) is 2.68. The van der Waals surface area contributed by atoms with Gasteiger partial charge in [0.25, 0.3) is 0 Å². The topological polar surface area (TPSA) is 68.0 Å². The van der Waals surface area contributed by atoms with E-state index in [1.54, 1.807) is 6.07 Å². The molecule has 0 bridgehead atoms. The van der Waals surface area contributed by atoms with E-state index in [-0.39, 0.29) is 18.3 Å². The Morgan fingerprint density at radius 3 is 2.75 bits per heavy atom. The van der Waals surface area contributed by atoms with Gasteiger partial charge < -0.3 is 11.1 Å². The molecule has 0 aromatic carbocycles. The molecule has 0 aliphatic rings. The maximum Gasteiger partial charge on any atom is 0.242 e. The first kappa shape index (κ1) is 15.6. The summed E-state index contributed by atoms with van der Waals surface area (Å²) in [6.07, 6.45) is 0.620. The van der Waals surface area contributed by atoms with Crippen molar-refractivity contribution in [3.05, 3.63) is 21.4 Å². The average Bonchev–Trinajstić information content (AvgIpc) is 2.22. The highest BCUT2D eigenvalue weighted by atomic mass is 127. The Hall–Kier alpha value is -0.400. The van der Waals surface area contributed by atoms with E-state index in [1.807, 2.05) is 19.9 Å². The van der Waals surface area contributed by atoms with E-state index in [9.17, 15) is 4.79 Å². The van der Waals surface area contributed by atoms with Gasteiger partial charge in [0, 0.05) is 3.57 Å². The third kappa shape index (κ3) is 4.23. The van der Waals surface area contributed by atoms with Crippen molar-refractivity contribution in [3.63, 3.8) is 0 Å². The molecule has 1 aromatic heterocycles. The Labute approximate surface area is 115 Å². The molecule has 0 saturated heterocycles. The van der Waals surface area contributed by atoms with E-state index in [0.717, 1.165) is 9.26 Å². The zero-order chi connectivity index (χ0) is 11.4. The zero-order valence-corrected chi connectivity index (χ0v) is 12.1. The van der Waals surface area contributed by atoms with Gasteiger partial charge in [-0.05, 0) is 48.1 Å². The minimum atomic E-state index is -0.466. The Kier molecular flexibility index (Phi) is 6.85. The summed E-state index contributed by atoms with van der Waals surface area (Å²) in [5.41, 5.74) is 6.49. The molecule has 16 heavy (non-hydrogen) atoms. The van der Waals surface area contributed by atoms with Crippen molar-refractivity contribution in [3.8, 4) is 0 Å². The van der Waals surface area contributed by atoms with Crippen LogP contribution >= 0.6 is 35.0 Å². The van der Waals surface area contributed by atoms with Crippen LogP contribution < -0.4 is 11.1 Å². The van der Waals surface area contributed by atoms with E-state index in [2.05, 4.69) is 32.9 Å². The molecule has 90 valence electrons. The first-order chi connectivity index (χ1) is 7.04. The monoisotopic (exact) mass is 355 g/mol. The fourth-order valence-corrected chi connectivity index (χ4v) is 1.32. The van der Waals surface area contributed by atoms with Gasteiger partial charge in [0.15, 0.2) is 0 Å². The molecule has 0 saturated carbocycles. The third-order valence-electron chi connectivity index (χ3n) is 2.05. The van der Waals surface area contributed by atoms with Crippen molar-refractivity contribution in [2.24, 2.45) is 5.73 Å². The Morgan fingerprint density at radius 2 is 2.25 bits per heavy atom. The van der Waals surface area contributed by atoms with Crippen LogP contribution in [0, 0.1) is 10.5 Å².